The van der Waals surface area contributed by atoms with Crippen molar-refractivity contribution >= 4 is 27.2 Å². The number of hydrogen-bond donors (Lipinski definition) is 1. The van der Waals surface area contributed by atoms with Crippen LogP contribution in [0.2, 0.25) is 0 Å². The lowest BCUT2D eigenvalue weighted by Gasteiger charge is -2.17. The molecule has 0 aliphatic carbocycles. The molecule has 0 aliphatic heterocycles. The van der Waals surface area contributed by atoms with Crippen LogP contribution < -0.4 is 19.9 Å². The van der Waals surface area contributed by atoms with Gasteiger partial charge in [0.25, 0.3) is 0 Å². The van der Waals surface area contributed by atoms with E-state index in [1.165, 1.54) is 0 Å². The zero-order chi connectivity index (χ0) is 15.0. The number of fused-ring (bicyclic) bond motifs is 3. The molecule has 21 heavy (non-hydrogen) atoms. The molecular weight excluding hydrogens is 266 g/mol. The van der Waals surface area contributed by atoms with Crippen molar-refractivity contribution in [2.75, 3.05) is 27.1 Å². The van der Waals surface area contributed by atoms with Gasteiger partial charge in [0.05, 0.1) is 21.3 Å². The summed E-state index contributed by atoms with van der Waals surface area (Å²) < 4.78 is 16.5. The summed E-state index contributed by atoms with van der Waals surface area (Å²) in [6.07, 6.45) is 0. The maximum Gasteiger partial charge on any atom is 0.203 e. The lowest BCUT2D eigenvalue weighted by Crippen LogP contribution is -1.98. The summed E-state index contributed by atoms with van der Waals surface area (Å²) in [5.41, 5.74) is 6.89. The molecule has 0 heterocycles. The molecule has 0 saturated heterocycles. The number of nitrogen functional groups attached to an aromatic ring is 1. The quantitative estimate of drug-likeness (QED) is 0.589. The van der Waals surface area contributed by atoms with Crippen molar-refractivity contribution in [3.8, 4) is 17.2 Å². The number of hydrogen-bond acceptors (Lipinski definition) is 4. The Hall–Kier alpha value is -2.62. The molecule has 0 amide bonds. The first-order valence-electron chi connectivity index (χ1n) is 6.61. The van der Waals surface area contributed by atoms with Crippen molar-refractivity contribution in [1.82, 2.24) is 0 Å². The van der Waals surface area contributed by atoms with Crippen molar-refractivity contribution < 1.29 is 14.2 Å². The number of anilines is 1. The largest absolute Gasteiger partial charge is 0.493 e. The second-order valence-corrected chi connectivity index (χ2v) is 4.75. The molecule has 0 spiro atoms. The first-order chi connectivity index (χ1) is 10.2. The van der Waals surface area contributed by atoms with Gasteiger partial charge in [-0.25, -0.2) is 0 Å². The van der Waals surface area contributed by atoms with Gasteiger partial charge >= 0.3 is 0 Å². The van der Waals surface area contributed by atoms with Gasteiger partial charge in [-0.15, -0.1) is 0 Å². The molecule has 3 aromatic rings. The summed E-state index contributed by atoms with van der Waals surface area (Å²) in [5.74, 6) is 1.81. The van der Waals surface area contributed by atoms with Crippen LogP contribution in [0.3, 0.4) is 0 Å². The fraction of sp³-hybridized carbons (Fsp3) is 0.176. The van der Waals surface area contributed by atoms with E-state index in [-0.39, 0.29) is 0 Å². The normalized spacial score (nSPS) is 10.8. The predicted molar refractivity (Wildman–Crippen MR) is 85.5 cm³/mol. The zero-order valence-electron chi connectivity index (χ0n) is 12.3. The SMILES string of the molecule is COc1cc2c(N)cc3ccccc3c2c(OC)c1OC. The zero-order valence-corrected chi connectivity index (χ0v) is 12.3. The molecule has 3 aromatic carbocycles. The third kappa shape index (κ3) is 1.91. The lowest BCUT2D eigenvalue weighted by molar-refractivity contribution is 0.327. The van der Waals surface area contributed by atoms with E-state index < -0.39 is 0 Å². The Morgan fingerprint density at radius 2 is 1.52 bits per heavy atom. The molecule has 0 aromatic heterocycles. The Morgan fingerprint density at radius 1 is 0.810 bits per heavy atom. The maximum atomic E-state index is 6.21. The Kier molecular flexibility index (Phi) is 3.22. The smallest absolute Gasteiger partial charge is 0.203 e. The highest BCUT2D eigenvalue weighted by Crippen LogP contribution is 2.47. The van der Waals surface area contributed by atoms with Crippen molar-refractivity contribution in [3.63, 3.8) is 0 Å². The van der Waals surface area contributed by atoms with Gasteiger partial charge < -0.3 is 19.9 Å². The van der Waals surface area contributed by atoms with Gasteiger partial charge in [0, 0.05) is 16.5 Å². The minimum atomic E-state index is 0.572. The molecule has 0 fully saturated rings. The monoisotopic (exact) mass is 283 g/mol. The van der Waals surface area contributed by atoms with E-state index in [9.17, 15) is 0 Å². The van der Waals surface area contributed by atoms with Gasteiger partial charge in [0.15, 0.2) is 11.5 Å². The molecule has 108 valence electrons. The van der Waals surface area contributed by atoms with Crippen LogP contribution in [0, 0.1) is 0 Å². The molecule has 2 N–H and O–H groups in total. The minimum absolute atomic E-state index is 0.572. The van der Waals surface area contributed by atoms with E-state index in [2.05, 4.69) is 0 Å². The summed E-state index contributed by atoms with van der Waals surface area (Å²) in [5, 5.41) is 3.96. The predicted octanol–water partition coefficient (Wildman–Crippen LogP) is 3.60. The number of ether oxygens (including phenoxy) is 3. The second kappa shape index (κ2) is 5.05. The molecule has 0 unspecified atom stereocenters. The van der Waals surface area contributed by atoms with Gasteiger partial charge in [-0.1, -0.05) is 24.3 Å². The standard InChI is InChI=1S/C17H17NO3/c1-19-14-9-12-13(18)8-10-6-4-5-7-11(10)15(12)17(21-3)16(14)20-2/h4-9H,18H2,1-3H3. The highest BCUT2D eigenvalue weighted by Gasteiger charge is 2.19. The summed E-state index contributed by atoms with van der Waals surface area (Å²) >= 11 is 0. The first kappa shape index (κ1) is 13.4. The van der Waals surface area contributed by atoms with Gasteiger partial charge in [-0.2, -0.15) is 0 Å². The molecule has 0 aliphatic rings. The third-order valence-corrected chi connectivity index (χ3v) is 3.68. The summed E-state index contributed by atoms with van der Waals surface area (Å²) in [6.45, 7) is 0. The van der Waals surface area contributed by atoms with E-state index in [0.29, 0.717) is 22.9 Å². The van der Waals surface area contributed by atoms with Crippen LogP contribution in [0.5, 0.6) is 17.2 Å². The lowest BCUT2D eigenvalue weighted by atomic mass is 9.98. The average Bonchev–Trinajstić information content (AvgIpc) is 2.52. The second-order valence-electron chi connectivity index (χ2n) is 4.75. The number of nitrogens with two attached hydrogens (primary N) is 1. The number of rotatable bonds is 3. The van der Waals surface area contributed by atoms with Gasteiger partial charge in [-0.3, -0.25) is 0 Å². The van der Waals surface area contributed by atoms with Crippen LogP contribution in [-0.2, 0) is 0 Å². The van der Waals surface area contributed by atoms with Crippen LogP contribution in [-0.4, -0.2) is 21.3 Å². The van der Waals surface area contributed by atoms with Crippen molar-refractivity contribution in [1.29, 1.82) is 0 Å². The average molecular weight is 283 g/mol. The molecule has 0 atom stereocenters. The summed E-state index contributed by atoms with van der Waals surface area (Å²) in [6, 6.07) is 11.9. The van der Waals surface area contributed by atoms with Crippen LogP contribution >= 0.6 is 0 Å². The van der Waals surface area contributed by atoms with E-state index in [1.54, 1.807) is 21.3 Å². The van der Waals surface area contributed by atoms with Crippen molar-refractivity contribution in [3.05, 3.63) is 36.4 Å². The molecule has 0 saturated carbocycles. The minimum Gasteiger partial charge on any atom is -0.493 e. The Morgan fingerprint density at radius 3 is 2.19 bits per heavy atom. The van der Waals surface area contributed by atoms with E-state index >= 15 is 0 Å². The molecule has 0 radical (unpaired) electrons. The fourth-order valence-electron chi connectivity index (χ4n) is 2.75. The molecule has 0 bridgehead atoms. The molecular formula is C17H17NO3. The van der Waals surface area contributed by atoms with Crippen LogP contribution in [0.25, 0.3) is 21.5 Å². The van der Waals surface area contributed by atoms with Gasteiger partial charge in [-0.05, 0) is 22.9 Å². The van der Waals surface area contributed by atoms with Crippen molar-refractivity contribution in [2.24, 2.45) is 0 Å². The third-order valence-electron chi connectivity index (χ3n) is 3.68. The highest BCUT2D eigenvalue weighted by atomic mass is 16.5. The Labute approximate surface area is 123 Å². The van der Waals surface area contributed by atoms with Gasteiger partial charge in [0.2, 0.25) is 5.75 Å². The molecule has 3 rings (SSSR count). The van der Waals surface area contributed by atoms with Crippen molar-refractivity contribution in [2.45, 2.75) is 0 Å². The summed E-state index contributed by atoms with van der Waals surface area (Å²) in [4.78, 5) is 0. The summed E-state index contributed by atoms with van der Waals surface area (Å²) in [7, 11) is 4.82. The first-order valence-corrected chi connectivity index (χ1v) is 6.61. The molecule has 4 heteroatoms. The number of benzene rings is 3. The highest BCUT2D eigenvalue weighted by molar-refractivity contribution is 6.16. The fourth-order valence-corrected chi connectivity index (χ4v) is 2.75. The Balaban J connectivity index is 2.59. The molecule has 4 nitrogen and oxygen atoms in total. The topological polar surface area (TPSA) is 53.7 Å². The maximum absolute atomic E-state index is 6.21. The van der Waals surface area contributed by atoms with Crippen LogP contribution in [0.4, 0.5) is 5.69 Å². The Bertz CT molecular complexity index is 827. The van der Waals surface area contributed by atoms with Crippen LogP contribution in [0.1, 0.15) is 0 Å². The van der Waals surface area contributed by atoms with E-state index in [1.807, 2.05) is 36.4 Å². The van der Waals surface area contributed by atoms with Gasteiger partial charge in [0.1, 0.15) is 0 Å². The number of methoxy groups -OCH3 is 3. The van der Waals surface area contributed by atoms with Crippen LogP contribution in [0.15, 0.2) is 36.4 Å². The van der Waals surface area contributed by atoms with E-state index in [0.717, 1.165) is 21.5 Å². The van der Waals surface area contributed by atoms with E-state index in [4.69, 9.17) is 19.9 Å².